The monoisotopic (exact) mass is 247 g/mol. The summed E-state index contributed by atoms with van der Waals surface area (Å²) in [6.45, 7) is 4.13. The Labute approximate surface area is 107 Å². The van der Waals surface area contributed by atoms with E-state index < -0.39 is 0 Å². The van der Waals surface area contributed by atoms with Gasteiger partial charge in [0.15, 0.2) is 0 Å². The van der Waals surface area contributed by atoms with Crippen molar-refractivity contribution in [1.29, 1.82) is 0 Å². The highest BCUT2D eigenvalue weighted by atomic mass is 16.6. The van der Waals surface area contributed by atoms with Crippen LogP contribution < -0.4 is 0 Å². The van der Waals surface area contributed by atoms with Crippen molar-refractivity contribution in [3.05, 3.63) is 41.0 Å². The Balaban J connectivity index is 2.95. The summed E-state index contributed by atoms with van der Waals surface area (Å²) in [5.41, 5.74) is 2.87. The summed E-state index contributed by atoms with van der Waals surface area (Å²) in [5.74, 6) is -0.353. The standard InChI is InChI=1S/C14H17NO3/c1-4-18-14(16)8-7-12-9-11(2)5-6-13(12)10-15-17-3/h5-10H,4H2,1-3H3/b8-7+,15-10+. The van der Waals surface area contributed by atoms with E-state index in [1.807, 2.05) is 25.1 Å². The molecule has 0 aliphatic carbocycles. The molecule has 0 aliphatic heterocycles. The second kappa shape index (κ2) is 7.27. The quantitative estimate of drug-likeness (QED) is 0.348. The summed E-state index contributed by atoms with van der Waals surface area (Å²) in [5, 5.41) is 3.72. The lowest BCUT2D eigenvalue weighted by atomic mass is 10.0. The van der Waals surface area contributed by atoms with Crippen LogP contribution in [0, 0.1) is 6.92 Å². The zero-order valence-electron chi connectivity index (χ0n) is 10.8. The molecule has 0 radical (unpaired) electrons. The number of carbonyl (C=O) groups is 1. The van der Waals surface area contributed by atoms with Gasteiger partial charge in [0.25, 0.3) is 0 Å². The molecule has 0 bridgehead atoms. The van der Waals surface area contributed by atoms with Gasteiger partial charge in [-0.1, -0.05) is 28.9 Å². The minimum absolute atomic E-state index is 0.353. The van der Waals surface area contributed by atoms with Crippen LogP contribution in [-0.4, -0.2) is 25.9 Å². The third-order valence-corrected chi connectivity index (χ3v) is 2.23. The zero-order valence-corrected chi connectivity index (χ0v) is 10.8. The second-order valence-electron chi connectivity index (χ2n) is 3.63. The fourth-order valence-electron chi connectivity index (χ4n) is 1.41. The molecule has 0 N–H and O–H groups in total. The molecule has 0 aromatic heterocycles. The number of hydrogen-bond acceptors (Lipinski definition) is 4. The van der Waals surface area contributed by atoms with E-state index in [-0.39, 0.29) is 5.97 Å². The number of carbonyl (C=O) groups excluding carboxylic acids is 1. The van der Waals surface area contributed by atoms with E-state index in [1.165, 1.54) is 13.2 Å². The van der Waals surface area contributed by atoms with Crippen molar-refractivity contribution >= 4 is 18.3 Å². The number of ether oxygens (including phenoxy) is 1. The molecule has 0 aliphatic rings. The zero-order chi connectivity index (χ0) is 13.4. The van der Waals surface area contributed by atoms with E-state index in [4.69, 9.17) is 4.74 Å². The predicted molar refractivity (Wildman–Crippen MR) is 71.4 cm³/mol. The molecule has 1 aromatic carbocycles. The van der Waals surface area contributed by atoms with Gasteiger partial charge in [0.2, 0.25) is 0 Å². The van der Waals surface area contributed by atoms with Gasteiger partial charge in [-0.3, -0.25) is 0 Å². The van der Waals surface area contributed by atoms with Crippen molar-refractivity contribution in [3.8, 4) is 0 Å². The molecule has 4 nitrogen and oxygen atoms in total. The first kappa shape index (κ1) is 14.0. The summed E-state index contributed by atoms with van der Waals surface area (Å²) >= 11 is 0. The summed E-state index contributed by atoms with van der Waals surface area (Å²) in [6.07, 6.45) is 4.72. The van der Waals surface area contributed by atoms with Crippen molar-refractivity contribution in [2.24, 2.45) is 5.16 Å². The topological polar surface area (TPSA) is 47.9 Å². The Morgan fingerprint density at radius 1 is 1.39 bits per heavy atom. The molecule has 0 amide bonds. The highest BCUT2D eigenvalue weighted by Crippen LogP contribution is 2.12. The maximum atomic E-state index is 11.3. The molecule has 0 unspecified atom stereocenters. The highest BCUT2D eigenvalue weighted by Gasteiger charge is 2.00. The molecule has 1 aromatic rings. The average Bonchev–Trinajstić information content (AvgIpc) is 2.35. The number of rotatable bonds is 5. The highest BCUT2D eigenvalue weighted by molar-refractivity contribution is 5.91. The molecule has 0 saturated carbocycles. The van der Waals surface area contributed by atoms with Crippen molar-refractivity contribution in [1.82, 2.24) is 0 Å². The lowest BCUT2D eigenvalue weighted by molar-refractivity contribution is -0.137. The number of hydrogen-bond donors (Lipinski definition) is 0. The largest absolute Gasteiger partial charge is 0.463 e. The minimum Gasteiger partial charge on any atom is -0.463 e. The van der Waals surface area contributed by atoms with Crippen LogP contribution in [0.3, 0.4) is 0 Å². The van der Waals surface area contributed by atoms with E-state index in [2.05, 4.69) is 9.99 Å². The fraction of sp³-hybridized carbons (Fsp3) is 0.286. The third kappa shape index (κ3) is 4.41. The van der Waals surface area contributed by atoms with Gasteiger partial charge >= 0.3 is 5.97 Å². The predicted octanol–water partition coefficient (Wildman–Crippen LogP) is 2.55. The summed E-state index contributed by atoms with van der Waals surface area (Å²) in [6, 6.07) is 5.86. The van der Waals surface area contributed by atoms with Crippen LogP contribution >= 0.6 is 0 Å². The van der Waals surface area contributed by atoms with E-state index in [0.717, 1.165) is 16.7 Å². The molecule has 18 heavy (non-hydrogen) atoms. The molecular weight excluding hydrogens is 230 g/mol. The summed E-state index contributed by atoms with van der Waals surface area (Å²) < 4.78 is 4.83. The molecule has 0 atom stereocenters. The van der Waals surface area contributed by atoms with Gasteiger partial charge in [0.05, 0.1) is 12.8 Å². The average molecular weight is 247 g/mol. The molecule has 0 fully saturated rings. The first-order valence-corrected chi connectivity index (χ1v) is 5.69. The van der Waals surface area contributed by atoms with Gasteiger partial charge in [-0.05, 0) is 25.5 Å². The first-order chi connectivity index (χ1) is 8.67. The number of aryl methyl sites for hydroxylation is 1. The van der Waals surface area contributed by atoms with Crippen LogP contribution in [0.4, 0.5) is 0 Å². The third-order valence-electron chi connectivity index (χ3n) is 2.23. The Bertz CT molecular complexity index is 464. The summed E-state index contributed by atoms with van der Waals surface area (Å²) in [4.78, 5) is 15.9. The van der Waals surface area contributed by atoms with Gasteiger partial charge in [-0.2, -0.15) is 0 Å². The number of esters is 1. The van der Waals surface area contributed by atoms with Crippen LogP contribution in [0.1, 0.15) is 23.6 Å². The van der Waals surface area contributed by atoms with Crippen molar-refractivity contribution in [2.75, 3.05) is 13.7 Å². The van der Waals surface area contributed by atoms with E-state index in [9.17, 15) is 4.79 Å². The van der Waals surface area contributed by atoms with Crippen LogP contribution in [0.15, 0.2) is 29.4 Å². The van der Waals surface area contributed by atoms with Crippen molar-refractivity contribution in [3.63, 3.8) is 0 Å². The van der Waals surface area contributed by atoms with Gasteiger partial charge in [-0.15, -0.1) is 0 Å². The van der Waals surface area contributed by atoms with Crippen molar-refractivity contribution in [2.45, 2.75) is 13.8 Å². The van der Waals surface area contributed by atoms with Crippen molar-refractivity contribution < 1.29 is 14.4 Å². The molecule has 96 valence electrons. The van der Waals surface area contributed by atoms with E-state index in [1.54, 1.807) is 19.2 Å². The maximum Gasteiger partial charge on any atom is 0.330 e. The normalized spacial score (nSPS) is 11.1. The molecule has 0 heterocycles. The van der Waals surface area contributed by atoms with Gasteiger partial charge in [-0.25, -0.2) is 4.79 Å². The van der Waals surface area contributed by atoms with Gasteiger partial charge in [0, 0.05) is 11.6 Å². The van der Waals surface area contributed by atoms with Gasteiger partial charge in [0.1, 0.15) is 7.11 Å². The van der Waals surface area contributed by atoms with Crippen LogP contribution in [0.25, 0.3) is 6.08 Å². The Morgan fingerprint density at radius 2 is 2.17 bits per heavy atom. The van der Waals surface area contributed by atoms with Crippen LogP contribution in [0.2, 0.25) is 0 Å². The SMILES string of the molecule is CCOC(=O)/C=C/c1cc(C)ccc1/C=N/OC. The lowest BCUT2D eigenvalue weighted by Crippen LogP contribution is -1.99. The molecule has 0 saturated heterocycles. The molecular formula is C14H17NO3. The smallest absolute Gasteiger partial charge is 0.330 e. The van der Waals surface area contributed by atoms with Crippen LogP contribution in [0.5, 0.6) is 0 Å². The fourth-order valence-corrected chi connectivity index (χ4v) is 1.41. The molecule has 1 rings (SSSR count). The first-order valence-electron chi connectivity index (χ1n) is 5.69. The lowest BCUT2D eigenvalue weighted by Gasteiger charge is -2.02. The number of nitrogens with zero attached hydrogens (tertiary/aromatic N) is 1. The summed E-state index contributed by atoms with van der Waals surface area (Å²) in [7, 11) is 1.48. The Morgan fingerprint density at radius 3 is 2.83 bits per heavy atom. The molecule has 4 heteroatoms. The van der Waals surface area contributed by atoms with Crippen LogP contribution in [-0.2, 0) is 14.4 Å². The van der Waals surface area contributed by atoms with Gasteiger partial charge < -0.3 is 9.57 Å². The number of benzene rings is 1. The Hall–Kier alpha value is -2.10. The Kier molecular flexibility index (Phi) is 5.64. The van der Waals surface area contributed by atoms with E-state index >= 15 is 0 Å². The molecule has 0 spiro atoms. The maximum absolute atomic E-state index is 11.3. The second-order valence-corrected chi connectivity index (χ2v) is 3.63. The number of oxime groups is 1. The minimum atomic E-state index is -0.353. The van der Waals surface area contributed by atoms with E-state index in [0.29, 0.717) is 6.61 Å².